The number of aromatic amines is 1. The highest BCUT2D eigenvalue weighted by atomic mass is 16.1. The van der Waals surface area contributed by atoms with Gasteiger partial charge in [-0.1, -0.05) is 6.42 Å². The number of H-pyrrole nitrogens is 1. The van der Waals surface area contributed by atoms with E-state index in [0.717, 1.165) is 31.4 Å². The predicted molar refractivity (Wildman–Crippen MR) is 53.4 cm³/mol. The van der Waals surface area contributed by atoms with Crippen LogP contribution in [0.4, 0.5) is 0 Å². The molecule has 0 radical (unpaired) electrons. The number of imidazole rings is 1. The van der Waals surface area contributed by atoms with Crippen LogP contribution in [-0.4, -0.2) is 21.6 Å². The molecule has 1 saturated carbocycles. The average molecular weight is 191 g/mol. The van der Waals surface area contributed by atoms with Crippen molar-refractivity contribution in [2.75, 3.05) is 0 Å². The molecular formula is C10H13N3O. The first-order chi connectivity index (χ1) is 6.86. The number of nitrogens with zero attached hydrogens (tertiary/aromatic N) is 2. The minimum Gasteiger partial charge on any atom is -0.341 e. The smallest absolute Gasteiger partial charge is 0.294 e. The molecule has 1 aliphatic rings. The molecule has 4 nitrogen and oxygen atoms in total. The summed E-state index contributed by atoms with van der Waals surface area (Å²) in [5.74, 6) is -0.195. The quantitative estimate of drug-likeness (QED) is 0.737. The van der Waals surface area contributed by atoms with Crippen molar-refractivity contribution in [2.45, 2.75) is 32.1 Å². The van der Waals surface area contributed by atoms with Crippen molar-refractivity contribution in [3.63, 3.8) is 0 Å². The highest BCUT2D eigenvalue weighted by Crippen LogP contribution is 2.15. The summed E-state index contributed by atoms with van der Waals surface area (Å²) in [7, 11) is 0. The van der Waals surface area contributed by atoms with Crippen LogP contribution >= 0.6 is 0 Å². The highest BCUT2D eigenvalue weighted by Gasteiger charge is 2.10. The second-order valence-corrected chi connectivity index (χ2v) is 3.51. The standard InChI is InChI=1S/C10H13N3O/c14-10(9-6-11-7-12-9)13-8-4-2-1-3-5-8/h6-7H,1-5H2,(H,11,12). The molecule has 0 saturated heterocycles. The van der Waals surface area contributed by atoms with Crippen LogP contribution in [0.2, 0.25) is 0 Å². The van der Waals surface area contributed by atoms with Gasteiger partial charge in [0.15, 0.2) is 0 Å². The first-order valence-electron chi connectivity index (χ1n) is 4.95. The van der Waals surface area contributed by atoms with Crippen molar-refractivity contribution < 1.29 is 4.79 Å². The zero-order valence-electron chi connectivity index (χ0n) is 7.99. The number of aliphatic imine (C=N–C) groups is 1. The molecule has 1 heterocycles. The summed E-state index contributed by atoms with van der Waals surface area (Å²) >= 11 is 0. The summed E-state index contributed by atoms with van der Waals surface area (Å²) in [6.45, 7) is 0. The van der Waals surface area contributed by atoms with Crippen LogP contribution < -0.4 is 0 Å². The van der Waals surface area contributed by atoms with Gasteiger partial charge in [0.1, 0.15) is 5.69 Å². The molecule has 74 valence electrons. The summed E-state index contributed by atoms with van der Waals surface area (Å²) in [6, 6.07) is 0. The van der Waals surface area contributed by atoms with E-state index in [0.29, 0.717) is 5.69 Å². The van der Waals surface area contributed by atoms with Gasteiger partial charge in [-0.25, -0.2) is 9.98 Å². The second-order valence-electron chi connectivity index (χ2n) is 3.51. The van der Waals surface area contributed by atoms with Gasteiger partial charge in [0.2, 0.25) is 0 Å². The highest BCUT2D eigenvalue weighted by molar-refractivity contribution is 6.02. The van der Waals surface area contributed by atoms with E-state index < -0.39 is 0 Å². The largest absolute Gasteiger partial charge is 0.341 e. The Morgan fingerprint density at radius 1 is 1.36 bits per heavy atom. The van der Waals surface area contributed by atoms with Crippen LogP contribution in [0.15, 0.2) is 17.5 Å². The molecule has 1 amide bonds. The van der Waals surface area contributed by atoms with Crippen LogP contribution in [-0.2, 0) is 0 Å². The van der Waals surface area contributed by atoms with Crippen LogP contribution in [0.25, 0.3) is 0 Å². The fourth-order valence-corrected chi connectivity index (χ4v) is 1.65. The van der Waals surface area contributed by atoms with Gasteiger partial charge in [-0.05, 0) is 25.7 Å². The van der Waals surface area contributed by atoms with Crippen LogP contribution in [0.1, 0.15) is 42.6 Å². The SMILES string of the molecule is O=C(N=C1CCCCC1)c1cnc[nH]1. The van der Waals surface area contributed by atoms with E-state index in [1.165, 1.54) is 18.9 Å². The number of nitrogens with one attached hydrogen (secondary N) is 1. The zero-order chi connectivity index (χ0) is 9.80. The summed E-state index contributed by atoms with van der Waals surface area (Å²) in [5, 5.41) is 0. The van der Waals surface area contributed by atoms with Crippen LogP contribution in [0.5, 0.6) is 0 Å². The minimum absolute atomic E-state index is 0.195. The number of carbonyl (C=O) groups is 1. The molecule has 1 N–H and O–H groups in total. The molecule has 0 atom stereocenters. The van der Waals surface area contributed by atoms with E-state index in [-0.39, 0.29) is 5.91 Å². The fraction of sp³-hybridized carbons (Fsp3) is 0.500. The summed E-state index contributed by atoms with van der Waals surface area (Å²) in [5.41, 5.74) is 1.51. The van der Waals surface area contributed by atoms with E-state index in [9.17, 15) is 4.79 Å². The first kappa shape index (κ1) is 9.12. The second kappa shape index (κ2) is 4.17. The van der Waals surface area contributed by atoms with E-state index in [1.54, 1.807) is 0 Å². The van der Waals surface area contributed by atoms with Gasteiger partial charge < -0.3 is 4.98 Å². The molecule has 1 aliphatic carbocycles. The lowest BCUT2D eigenvalue weighted by Crippen LogP contribution is -2.08. The Morgan fingerprint density at radius 3 is 2.79 bits per heavy atom. The average Bonchev–Trinajstić information content (AvgIpc) is 2.72. The Bertz CT molecular complexity index is 332. The topological polar surface area (TPSA) is 58.1 Å². The van der Waals surface area contributed by atoms with E-state index in [2.05, 4.69) is 15.0 Å². The molecule has 0 spiro atoms. The van der Waals surface area contributed by atoms with Crippen molar-refractivity contribution in [1.82, 2.24) is 9.97 Å². The zero-order valence-corrected chi connectivity index (χ0v) is 7.99. The van der Waals surface area contributed by atoms with Crippen LogP contribution in [0.3, 0.4) is 0 Å². The Hall–Kier alpha value is -1.45. The van der Waals surface area contributed by atoms with Gasteiger partial charge in [-0.3, -0.25) is 4.79 Å². The van der Waals surface area contributed by atoms with E-state index >= 15 is 0 Å². The number of amides is 1. The number of hydrogen-bond donors (Lipinski definition) is 1. The lowest BCUT2D eigenvalue weighted by atomic mass is 9.98. The third-order valence-electron chi connectivity index (χ3n) is 2.42. The van der Waals surface area contributed by atoms with Crippen molar-refractivity contribution in [2.24, 2.45) is 4.99 Å². The van der Waals surface area contributed by atoms with Gasteiger partial charge in [-0.2, -0.15) is 0 Å². The van der Waals surface area contributed by atoms with Gasteiger partial charge in [-0.15, -0.1) is 0 Å². The molecule has 0 aromatic carbocycles. The fourth-order valence-electron chi connectivity index (χ4n) is 1.65. The van der Waals surface area contributed by atoms with Gasteiger partial charge in [0.05, 0.1) is 12.5 Å². The van der Waals surface area contributed by atoms with E-state index in [4.69, 9.17) is 0 Å². The molecule has 0 unspecified atom stereocenters. The maximum Gasteiger partial charge on any atom is 0.294 e. The molecule has 2 rings (SSSR count). The summed E-state index contributed by atoms with van der Waals surface area (Å²) in [6.07, 6.45) is 8.53. The predicted octanol–water partition coefficient (Wildman–Crippen LogP) is 1.95. The van der Waals surface area contributed by atoms with Crippen molar-refractivity contribution in [3.05, 3.63) is 18.2 Å². The maximum atomic E-state index is 11.5. The maximum absolute atomic E-state index is 11.5. The minimum atomic E-state index is -0.195. The van der Waals surface area contributed by atoms with Gasteiger partial charge in [0.25, 0.3) is 5.91 Å². The Morgan fingerprint density at radius 2 is 2.14 bits per heavy atom. The summed E-state index contributed by atoms with van der Waals surface area (Å²) in [4.78, 5) is 22.1. The molecule has 0 bridgehead atoms. The lowest BCUT2D eigenvalue weighted by molar-refractivity contribution is 0.0998. The Kier molecular flexibility index (Phi) is 2.72. The Labute approximate surface area is 82.5 Å². The normalized spacial score (nSPS) is 16.7. The molecule has 1 fully saturated rings. The van der Waals surface area contributed by atoms with Crippen molar-refractivity contribution >= 4 is 11.6 Å². The van der Waals surface area contributed by atoms with Crippen LogP contribution in [0, 0.1) is 0 Å². The van der Waals surface area contributed by atoms with Gasteiger partial charge in [0, 0.05) is 5.71 Å². The first-order valence-corrected chi connectivity index (χ1v) is 4.95. The third-order valence-corrected chi connectivity index (χ3v) is 2.42. The Balaban J connectivity index is 2.05. The van der Waals surface area contributed by atoms with E-state index in [1.807, 2.05) is 0 Å². The monoisotopic (exact) mass is 191 g/mol. The lowest BCUT2D eigenvalue weighted by Gasteiger charge is -2.10. The molecule has 14 heavy (non-hydrogen) atoms. The molecule has 1 aromatic heterocycles. The summed E-state index contributed by atoms with van der Waals surface area (Å²) < 4.78 is 0. The number of aromatic nitrogens is 2. The van der Waals surface area contributed by atoms with Crippen molar-refractivity contribution in [3.8, 4) is 0 Å². The molecular weight excluding hydrogens is 178 g/mol. The molecule has 0 aliphatic heterocycles. The third kappa shape index (κ3) is 2.07. The van der Waals surface area contributed by atoms with Gasteiger partial charge >= 0.3 is 0 Å². The number of hydrogen-bond acceptors (Lipinski definition) is 2. The number of carbonyl (C=O) groups excluding carboxylic acids is 1. The molecule has 4 heteroatoms. The van der Waals surface area contributed by atoms with Crippen molar-refractivity contribution in [1.29, 1.82) is 0 Å². The molecule has 1 aromatic rings. The number of rotatable bonds is 1.